The summed E-state index contributed by atoms with van der Waals surface area (Å²) in [5, 5.41) is 14.5. The molecule has 1 aliphatic carbocycles. The maximum Gasteiger partial charge on any atom is 0.119 e. The molecule has 3 aromatic rings. The smallest absolute Gasteiger partial charge is 0.119 e. The van der Waals surface area contributed by atoms with E-state index in [1.54, 1.807) is 17.6 Å². The molecule has 2 heterocycles. The summed E-state index contributed by atoms with van der Waals surface area (Å²) in [5.74, 6) is 0.933. The molecule has 0 spiro atoms. The molecule has 0 amide bonds. The van der Waals surface area contributed by atoms with Crippen molar-refractivity contribution in [1.29, 1.82) is 0 Å². The molecular formula is C16H14O2S. The van der Waals surface area contributed by atoms with Crippen molar-refractivity contribution >= 4 is 21.4 Å². The Balaban J connectivity index is 2.00. The minimum atomic E-state index is -0.898. The van der Waals surface area contributed by atoms with Crippen LogP contribution in [0.5, 0.6) is 0 Å². The Kier molecular flexibility index (Phi) is 2.34. The first-order chi connectivity index (χ1) is 9.29. The van der Waals surface area contributed by atoms with Crippen LogP contribution in [0.25, 0.3) is 10.1 Å². The molecule has 0 bridgehead atoms. The van der Waals surface area contributed by atoms with Crippen molar-refractivity contribution in [3.05, 3.63) is 58.9 Å². The largest absolute Gasteiger partial charge is 0.469 e. The molecule has 1 aromatic carbocycles. The third-order valence-electron chi connectivity index (χ3n) is 4.06. The third-order valence-corrected chi connectivity index (χ3v) is 5.02. The molecule has 2 aromatic heterocycles. The number of furan rings is 1. The number of hydrogen-bond donors (Lipinski definition) is 1. The summed E-state index contributed by atoms with van der Waals surface area (Å²) in [6.07, 6.45) is 4.33. The number of aliphatic hydroxyl groups is 1. The lowest BCUT2D eigenvalue weighted by Crippen LogP contribution is -2.31. The summed E-state index contributed by atoms with van der Waals surface area (Å²) >= 11 is 1.69. The highest BCUT2D eigenvalue weighted by Gasteiger charge is 2.39. The fourth-order valence-corrected chi connectivity index (χ4v) is 4.13. The minimum absolute atomic E-state index is 0.760. The third kappa shape index (κ3) is 1.52. The van der Waals surface area contributed by atoms with Gasteiger partial charge in [-0.2, -0.15) is 0 Å². The van der Waals surface area contributed by atoms with E-state index in [2.05, 4.69) is 17.5 Å². The highest BCUT2D eigenvalue weighted by atomic mass is 32.1. The predicted molar refractivity (Wildman–Crippen MR) is 76.5 cm³/mol. The molecule has 1 aliphatic rings. The van der Waals surface area contributed by atoms with Crippen molar-refractivity contribution in [2.24, 2.45) is 0 Å². The van der Waals surface area contributed by atoms with Crippen LogP contribution in [0.1, 0.15) is 29.7 Å². The minimum Gasteiger partial charge on any atom is -0.469 e. The first-order valence-corrected chi connectivity index (χ1v) is 7.43. The molecule has 4 rings (SSSR count). The van der Waals surface area contributed by atoms with Gasteiger partial charge in [-0.25, -0.2) is 0 Å². The molecule has 1 atom stereocenters. The van der Waals surface area contributed by atoms with Crippen LogP contribution in [-0.4, -0.2) is 5.11 Å². The Hall–Kier alpha value is -1.58. The monoisotopic (exact) mass is 270 g/mol. The zero-order valence-corrected chi connectivity index (χ0v) is 11.2. The second kappa shape index (κ2) is 3.95. The van der Waals surface area contributed by atoms with Gasteiger partial charge in [0.2, 0.25) is 0 Å². The van der Waals surface area contributed by atoms with Crippen LogP contribution < -0.4 is 0 Å². The summed E-state index contributed by atoms with van der Waals surface area (Å²) in [6.45, 7) is 0. The predicted octanol–water partition coefficient (Wildman–Crippen LogP) is 4.07. The first-order valence-electron chi connectivity index (χ1n) is 6.55. The van der Waals surface area contributed by atoms with Gasteiger partial charge >= 0.3 is 0 Å². The van der Waals surface area contributed by atoms with Gasteiger partial charge < -0.3 is 9.52 Å². The topological polar surface area (TPSA) is 33.4 Å². The Labute approximate surface area is 115 Å². The van der Waals surface area contributed by atoms with Gasteiger partial charge in [-0.3, -0.25) is 0 Å². The molecular weight excluding hydrogens is 256 g/mol. The maximum atomic E-state index is 11.2. The number of thiophene rings is 1. The lowest BCUT2D eigenvalue weighted by Gasteiger charge is -2.32. The number of aryl methyl sites for hydroxylation is 1. The summed E-state index contributed by atoms with van der Waals surface area (Å²) in [7, 11) is 0. The Bertz CT molecular complexity index is 740. The van der Waals surface area contributed by atoms with Crippen LogP contribution >= 0.6 is 11.3 Å². The van der Waals surface area contributed by atoms with E-state index >= 15 is 0 Å². The summed E-state index contributed by atoms with van der Waals surface area (Å²) in [5.41, 5.74) is 1.06. The highest BCUT2D eigenvalue weighted by Crippen LogP contribution is 2.44. The number of benzene rings is 1. The van der Waals surface area contributed by atoms with Crippen LogP contribution in [0, 0.1) is 0 Å². The van der Waals surface area contributed by atoms with Crippen molar-refractivity contribution < 1.29 is 9.52 Å². The second-order valence-corrected chi connectivity index (χ2v) is 6.03. The van der Waals surface area contributed by atoms with Crippen molar-refractivity contribution in [3.63, 3.8) is 0 Å². The van der Waals surface area contributed by atoms with Gasteiger partial charge in [0.25, 0.3) is 0 Å². The normalized spacial score (nSPS) is 22.6. The lowest BCUT2D eigenvalue weighted by atomic mass is 9.78. The van der Waals surface area contributed by atoms with Gasteiger partial charge in [0.15, 0.2) is 0 Å². The number of fused-ring (bicyclic) bond motifs is 2. The first kappa shape index (κ1) is 11.3. The standard InChI is InChI=1S/C16H14O2S/c17-16(8-2-5-14-12(16)6-9-18-14)13-4-1-3-11-7-10-19-15(11)13/h1,3-4,6-7,9-10,17H,2,5,8H2. The SMILES string of the molecule is OC1(c2cccc3ccsc23)CCCc2occc21. The quantitative estimate of drug-likeness (QED) is 0.723. The zero-order chi connectivity index (χ0) is 12.9. The van der Waals surface area contributed by atoms with Crippen LogP contribution in [0.2, 0.25) is 0 Å². The van der Waals surface area contributed by atoms with E-state index in [4.69, 9.17) is 4.42 Å². The number of hydrogen-bond acceptors (Lipinski definition) is 3. The van der Waals surface area contributed by atoms with Crippen molar-refractivity contribution in [3.8, 4) is 0 Å². The van der Waals surface area contributed by atoms with Gasteiger partial charge in [-0.05, 0) is 35.7 Å². The van der Waals surface area contributed by atoms with E-state index in [1.165, 1.54) is 10.1 Å². The van der Waals surface area contributed by atoms with Gasteiger partial charge in [-0.1, -0.05) is 18.2 Å². The molecule has 19 heavy (non-hydrogen) atoms. The van der Waals surface area contributed by atoms with Crippen LogP contribution in [0.3, 0.4) is 0 Å². The molecule has 0 saturated heterocycles. The van der Waals surface area contributed by atoms with Crippen molar-refractivity contribution in [2.45, 2.75) is 24.9 Å². The van der Waals surface area contributed by atoms with E-state index in [0.717, 1.165) is 36.1 Å². The molecule has 0 aliphatic heterocycles. The second-order valence-electron chi connectivity index (χ2n) is 5.12. The van der Waals surface area contributed by atoms with Crippen molar-refractivity contribution in [2.75, 3.05) is 0 Å². The van der Waals surface area contributed by atoms with E-state index in [0.29, 0.717) is 0 Å². The molecule has 0 fully saturated rings. The molecule has 96 valence electrons. The molecule has 1 unspecified atom stereocenters. The molecule has 2 nitrogen and oxygen atoms in total. The fraction of sp³-hybridized carbons (Fsp3) is 0.250. The van der Waals surface area contributed by atoms with E-state index in [-0.39, 0.29) is 0 Å². The van der Waals surface area contributed by atoms with Crippen molar-refractivity contribution in [1.82, 2.24) is 0 Å². The lowest BCUT2D eigenvalue weighted by molar-refractivity contribution is 0.0606. The highest BCUT2D eigenvalue weighted by molar-refractivity contribution is 7.17. The average molecular weight is 270 g/mol. The Morgan fingerprint density at radius 2 is 2.11 bits per heavy atom. The van der Waals surface area contributed by atoms with Gasteiger partial charge in [0.05, 0.1) is 6.26 Å². The average Bonchev–Trinajstić information content (AvgIpc) is 3.07. The summed E-state index contributed by atoms with van der Waals surface area (Å²) in [4.78, 5) is 0. The molecule has 0 radical (unpaired) electrons. The molecule has 3 heteroatoms. The van der Waals surface area contributed by atoms with Crippen LogP contribution in [0.4, 0.5) is 0 Å². The van der Waals surface area contributed by atoms with Crippen LogP contribution in [-0.2, 0) is 12.0 Å². The zero-order valence-electron chi connectivity index (χ0n) is 10.4. The molecule has 1 N–H and O–H groups in total. The molecule has 0 saturated carbocycles. The van der Waals surface area contributed by atoms with Crippen LogP contribution in [0.15, 0.2) is 46.4 Å². The van der Waals surface area contributed by atoms with E-state index in [9.17, 15) is 5.11 Å². The van der Waals surface area contributed by atoms with Gasteiger partial charge in [-0.15, -0.1) is 11.3 Å². The van der Waals surface area contributed by atoms with Gasteiger partial charge in [0.1, 0.15) is 11.4 Å². The fourth-order valence-electron chi connectivity index (χ4n) is 3.14. The Morgan fingerprint density at radius 1 is 1.16 bits per heavy atom. The van der Waals surface area contributed by atoms with E-state index < -0.39 is 5.60 Å². The summed E-state index contributed by atoms with van der Waals surface area (Å²) < 4.78 is 6.69. The van der Waals surface area contributed by atoms with Gasteiger partial charge in [0, 0.05) is 22.2 Å². The maximum absolute atomic E-state index is 11.2. The van der Waals surface area contributed by atoms with E-state index in [1.807, 2.05) is 18.2 Å². The summed E-state index contributed by atoms with van der Waals surface area (Å²) in [6, 6.07) is 10.2. The number of rotatable bonds is 1. The Morgan fingerprint density at radius 3 is 3.05 bits per heavy atom.